The van der Waals surface area contributed by atoms with Crippen molar-refractivity contribution >= 4 is 5.82 Å². The van der Waals surface area contributed by atoms with Gasteiger partial charge in [0.1, 0.15) is 5.82 Å². The number of hydrogen-bond acceptors (Lipinski definition) is 4. The summed E-state index contributed by atoms with van der Waals surface area (Å²) in [5.41, 5.74) is 0. The molecule has 0 radical (unpaired) electrons. The first-order valence-corrected chi connectivity index (χ1v) is 8.49. The van der Waals surface area contributed by atoms with Crippen LogP contribution in [0.3, 0.4) is 0 Å². The molecule has 1 aliphatic heterocycles. The molecule has 1 aromatic heterocycles. The minimum Gasteiger partial charge on any atom is -0.354 e. The first kappa shape index (κ1) is 14.8. The topological polar surface area (TPSA) is 31.4 Å². The van der Waals surface area contributed by atoms with Crippen molar-refractivity contribution in [1.82, 2.24) is 15.2 Å². The minimum atomic E-state index is 0.820. The lowest BCUT2D eigenvalue weighted by Gasteiger charge is -2.48. The predicted octanol–water partition coefficient (Wildman–Crippen LogP) is 1.98. The van der Waals surface area contributed by atoms with Crippen molar-refractivity contribution in [2.24, 2.45) is 5.92 Å². The van der Waals surface area contributed by atoms with Gasteiger partial charge < -0.3 is 10.2 Å². The molecule has 1 aromatic rings. The van der Waals surface area contributed by atoms with E-state index in [0.717, 1.165) is 37.4 Å². The van der Waals surface area contributed by atoms with Crippen LogP contribution in [-0.4, -0.2) is 55.2 Å². The fourth-order valence-corrected chi connectivity index (χ4v) is 3.56. The molecule has 1 aliphatic carbocycles. The minimum absolute atomic E-state index is 0.820. The van der Waals surface area contributed by atoms with E-state index in [1.54, 1.807) is 0 Å². The SMILES string of the molecule is CCCNCC1CCC1N1CCN(c2ccccn2)CC1. The molecule has 4 nitrogen and oxygen atoms in total. The van der Waals surface area contributed by atoms with Crippen molar-refractivity contribution in [3.8, 4) is 0 Å². The quantitative estimate of drug-likeness (QED) is 0.811. The molecule has 2 fully saturated rings. The van der Waals surface area contributed by atoms with Gasteiger partial charge in [-0.25, -0.2) is 4.98 Å². The summed E-state index contributed by atoms with van der Waals surface area (Å²) < 4.78 is 0. The lowest BCUT2D eigenvalue weighted by Crippen LogP contribution is -2.57. The summed E-state index contributed by atoms with van der Waals surface area (Å²) in [5, 5.41) is 3.59. The van der Waals surface area contributed by atoms with Crippen LogP contribution in [0.2, 0.25) is 0 Å². The average Bonchev–Trinajstić information content (AvgIpc) is 2.52. The summed E-state index contributed by atoms with van der Waals surface area (Å²) in [7, 11) is 0. The molecule has 0 aromatic carbocycles. The van der Waals surface area contributed by atoms with Gasteiger partial charge in [-0.15, -0.1) is 0 Å². The number of piperazine rings is 1. The molecular weight excluding hydrogens is 260 g/mol. The molecule has 2 atom stereocenters. The zero-order chi connectivity index (χ0) is 14.5. The van der Waals surface area contributed by atoms with Crippen LogP contribution < -0.4 is 10.2 Å². The Bertz CT molecular complexity index is 414. The molecule has 1 N–H and O–H groups in total. The van der Waals surface area contributed by atoms with Crippen molar-refractivity contribution in [3.05, 3.63) is 24.4 Å². The van der Waals surface area contributed by atoms with Crippen molar-refractivity contribution in [3.63, 3.8) is 0 Å². The Balaban J connectivity index is 1.45. The molecule has 0 bridgehead atoms. The van der Waals surface area contributed by atoms with Gasteiger partial charge in [-0.2, -0.15) is 0 Å². The molecule has 2 heterocycles. The number of rotatable bonds is 6. The molecule has 21 heavy (non-hydrogen) atoms. The Morgan fingerprint density at radius 1 is 1.19 bits per heavy atom. The van der Waals surface area contributed by atoms with E-state index in [-0.39, 0.29) is 0 Å². The average molecular weight is 288 g/mol. The highest BCUT2D eigenvalue weighted by molar-refractivity contribution is 5.38. The Labute approximate surface area is 128 Å². The Morgan fingerprint density at radius 2 is 2.05 bits per heavy atom. The lowest BCUT2D eigenvalue weighted by atomic mass is 9.78. The number of nitrogens with one attached hydrogen (secondary N) is 1. The third-order valence-electron chi connectivity index (χ3n) is 4.97. The van der Waals surface area contributed by atoms with E-state index in [1.807, 2.05) is 12.3 Å². The summed E-state index contributed by atoms with van der Waals surface area (Å²) in [5.74, 6) is 2.00. The maximum Gasteiger partial charge on any atom is 0.128 e. The third-order valence-corrected chi connectivity index (χ3v) is 4.97. The van der Waals surface area contributed by atoms with E-state index in [1.165, 1.54) is 38.9 Å². The van der Waals surface area contributed by atoms with Gasteiger partial charge in [0.05, 0.1) is 0 Å². The van der Waals surface area contributed by atoms with Crippen LogP contribution in [0.25, 0.3) is 0 Å². The standard InChI is InChI=1S/C17H28N4/c1-2-8-18-14-15-6-7-16(15)20-10-12-21(13-11-20)17-5-3-4-9-19-17/h3-5,9,15-16,18H,2,6-8,10-14H2,1H3. The van der Waals surface area contributed by atoms with Crippen LogP contribution in [0.4, 0.5) is 5.82 Å². The number of hydrogen-bond donors (Lipinski definition) is 1. The zero-order valence-electron chi connectivity index (χ0n) is 13.2. The Kier molecular flexibility index (Phi) is 5.09. The van der Waals surface area contributed by atoms with Crippen LogP contribution in [-0.2, 0) is 0 Å². The highest BCUT2D eigenvalue weighted by Crippen LogP contribution is 2.32. The fourth-order valence-electron chi connectivity index (χ4n) is 3.56. The summed E-state index contributed by atoms with van der Waals surface area (Å²) in [6.07, 6.45) is 5.92. The van der Waals surface area contributed by atoms with Gasteiger partial charge in [-0.05, 0) is 50.4 Å². The molecule has 1 saturated heterocycles. The summed E-state index contributed by atoms with van der Waals surface area (Å²) in [6, 6.07) is 7.01. The largest absolute Gasteiger partial charge is 0.354 e. The molecule has 116 valence electrons. The van der Waals surface area contributed by atoms with E-state index in [2.05, 4.69) is 39.2 Å². The van der Waals surface area contributed by atoms with Gasteiger partial charge >= 0.3 is 0 Å². The highest BCUT2D eigenvalue weighted by atomic mass is 15.3. The number of aromatic nitrogens is 1. The van der Waals surface area contributed by atoms with Crippen LogP contribution in [0.5, 0.6) is 0 Å². The summed E-state index contributed by atoms with van der Waals surface area (Å²) in [6.45, 7) is 9.21. The smallest absolute Gasteiger partial charge is 0.128 e. The number of anilines is 1. The zero-order valence-corrected chi connectivity index (χ0v) is 13.2. The second kappa shape index (κ2) is 7.23. The maximum absolute atomic E-state index is 4.47. The molecule has 3 rings (SSSR count). The van der Waals surface area contributed by atoms with Gasteiger partial charge in [-0.1, -0.05) is 13.0 Å². The molecule has 2 aliphatic rings. The third kappa shape index (κ3) is 3.55. The van der Waals surface area contributed by atoms with E-state index in [0.29, 0.717) is 0 Å². The first-order valence-electron chi connectivity index (χ1n) is 8.49. The van der Waals surface area contributed by atoms with E-state index in [9.17, 15) is 0 Å². The number of pyridine rings is 1. The normalized spacial score (nSPS) is 26.6. The van der Waals surface area contributed by atoms with Crippen LogP contribution in [0.1, 0.15) is 26.2 Å². The van der Waals surface area contributed by atoms with Gasteiger partial charge in [-0.3, -0.25) is 4.90 Å². The summed E-state index contributed by atoms with van der Waals surface area (Å²) >= 11 is 0. The van der Waals surface area contributed by atoms with Crippen LogP contribution in [0, 0.1) is 5.92 Å². The predicted molar refractivity (Wildman–Crippen MR) is 87.7 cm³/mol. The Hall–Kier alpha value is -1.13. The van der Waals surface area contributed by atoms with E-state index >= 15 is 0 Å². The molecule has 4 heteroatoms. The molecular formula is C17H28N4. The molecule has 0 spiro atoms. The van der Waals surface area contributed by atoms with Gasteiger partial charge in [0.15, 0.2) is 0 Å². The van der Waals surface area contributed by atoms with Gasteiger partial charge in [0.25, 0.3) is 0 Å². The van der Waals surface area contributed by atoms with Crippen LogP contribution in [0.15, 0.2) is 24.4 Å². The Morgan fingerprint density at radius 3 is 2.67 bits per heavy atom. The monoisotopic (exact) mass is 288 g/mol. The van der Waals surface area contributed by atoms with Crippen molar-refractivity contribution < 1.29 is 0 Å². The highest BCUT2D eigenvalue weighted by Gasteiger charge is 2.36. The van der Waals surface area contributed by atoms with Crippen LogP contribution >= 0.6 is 0 Å². The van der Waals surface area contributed by atoms with E-state index in [4.69, 9.17) is 0 Å². The molecule has 2 unspecified atom stereocenters. The second-order valence-electron chi connectivity index (χ2n) is 6.32. The molecule has 1 saturated carbocycles. The second-order valence-corrected chi connectivity index (χ2v) is 6.32. The maximum atomic E-state index is 4.47. The summed E-state index contributed by atoms with van der Waals surface area (Å²) in [4.78, 5) is 9.59. The van der Waals surface area contributed by atoms with Crippen molar-refractivity contribution in [1.29, 1.82) is 0 Å². The first-order chi connectivity index (χ1) is 10.4. The van der Waals surface area contributed by atoms with E-state index < -0.39 is 0 Å². The molecule has 0 amide bonds. The van der Waals surface area contributed by atoms with Gasteiger partial charge in [0, 0.05) is 38.4 Å². The number of nitrogens with zero attached hydrogens (tertiary/aromatic N) is 3. The van der Waals surface area contributed by atoms with Crippen molar-refractivity contribution in [2.75, 3.05) is 44.2 Å². The lowest BCUT2D eigenvalue weighted by molar-refractivity contribution is 0.0572. The van der Waals surface area contributed by atoms with Crippen molar-refractivity contribution in [2.45, 2.75) is 32.2 Å². The van der Waals surface area contributed by atoms with Gasteiger partial charge in [0.2, 0.25) is 0 Å². The fraction of sp³-hybridized carbons (Fsp3) is 0.706.